The van der Waals surface area contributed by atoms with Crippen LogP contribution in [0.2, 0.25) is 0 Å². The molecule has 1 aliphatic rings. The van der Waals surface area contributed by atoms with Crippen LogP contribution in [-0.2, 0) is 0 Å². The molecule has 1 saturated heterocycles. The Balaban J connectivity index is 2.31. The summed E-state index contributed by atoms with van der Waals surface area (Å²) >= 11 is 0. The van der Waals surface area contributed by atoms with Gasteiger partial charge in [-0.1, -0.05) is 0 Å². The van der Waals surface area contributed by atoms with Crippen molar-refractivity contribution < 1.29 is 8.78 Å². The maximum Gasteiger partial charge on any atom is 0.251 e. The lowest BCUT2D eigenvalue weighted by Gasteiger charge is -2.42. The molecule has 84 valence electrons. The molecule has 14 heavy (non-hydrogen) atoms. The third-order valence-electron chi connectivity index (χ3n) is 2.72. The van der Waals surface area contributed by atoms with Crippen molar-refractivity contribution in [2.45, 2.75) is 32.7 Å². The van der Waals surface area contributed by atoms with Gasteiger partial charge in [-0.15, -0.1) is 0 Å². The number of hydrogen-bond acceptors (Lipinski definition) is 2. The molecule has 0 bridgehead atoms. The van der Waals surface area contributed by atoms with Crippen molar-refractivity contribution in [3.05, 3.63) is 0 Å². The van der Waals surface area contributed by atoms with Crippen molar-refractivity contribution in [1.29, 1.82) is 0 Å². The van der Waals surface area contributed by atoms with E-state index in [9.17, 15) is 8.78 Å². The number of rotatable bonds is 2. The molecule has 0 spiro atoms. The van der Waals surface area contributed by atoms with Crippen LogP contribution in [0, 0.1) is 0 Å². The van der Waals surface area contributed by atoms with Crippen LogP contribution in [0.25, 0.3) is 0 Å². The molecule has 0 atom stereocenters. The maximum atomic E-state index is 12.1. The smallest absolute Gasteiger partial charge is 0.251 e. The van der Waals surface area contributed by atoms with Crippen LogP contribution in [0.15, 0.2) is 0 Å². The molecule has 0 aliphatic carbocycles. The third-order valence-corrected chi connectivity index (χ3v) is 2.72. The molecule has 0 aromatic rings. The average molecular weight is 206 g/mol. The Labute approximate surface area is 84.9 Å². The van der Waals surface area contributed by atoms with Crippen LogP contribution in [0.5, 0.6) is 0 Å². The predicted molar refractivity (Wildman–Crippen MR) is 53.8 cm³/mol. The highest BCUT2D eigenvalue weighted by molar-refractivity contribution is 4.81. The Morgan fingerprint density at radius 3 is 1.93 bits per heavy atom. The summed E-state index contributed by atoms with van der Waals surface area (Å²) in [5.74, 6) is 0. The monoisotopic (exact) mass is 206 g/mol. The lowest BCUT2D eigenvalue weighted by Crippen LogP contribution is -2.54. The molecule has 0 aromatic heterocycles. The van der Waals surface area contributed by atoms with Gasteiger partial charge in [-0.25, -0.2) is 8.78 Å². The fourth-order valence-electron chi connectivity index (χ4n) is 1.80. The second-order valence-corrected chi connectivity index (χ2v) is 4.85. The van der Waals surface area contributed by atoms with E-state index in [4.69, 9.17) is 0 Å². The summed E-state index contributed by atoms with van der Waals surface area (Å²) in [6, 6.07) is 0. The maximum absolute atomic E-state index is 12.1. The molecule has 1 fully saturated rings. The number of halogens is 2. The summed E-state index contributed by atoms with van der Waals surface area (Å²) < 4.78 is 24.2. The highest BCUT2D eigenvalue weighted by atomic mass is 19.3. The fraction of sp³-hybridized carbons (Fsp3) is 1.00. The van der Waals surface area contributed by atoms with Gasteiger partial charge in [0.25, 0.3) is 6.43 Å². The molecule has 4 heteroatoms. The Hall–Kier alpha value is -0.220. The number of piperazine rings is 1. The highest BCUT2D eigenvalue weighted by Gasteiger charge is 2.26. The van der Waals surface area contributed by atoms with Gasteiger partial charge in [0.05, 0.1) is 6.54 Å². The molecule has 0 unspecified atom stereocenters. The van der Waals surface area contributed by atoms with Gasteiger partial charge in [0.15, 0.2) is 0 Å². The van der Waals surface area contributed by atoms with E-state index >= 15 is 0 Å². The molecule has 2 nitrogen and oxygen atoms in total. The number of alkyl halides is 2. The molecule has 1 rings (SSSR count). The summed E-state index contributed by atoms with van der Waals surface area (Å²) in [4.78, 5) is 4.18. The first-order chi connectivity index (χ1) is 6.39. The van der Waals surface area contributed by atoms with Gasteiger partial charge in [0.2, 0.25) is 0 Å². The molecular formula is C10H20F2N2. The van der Waals surface area contributed by atoms with E-state index < -0.39 is 6.43 Å². The summed E-state index contributed by atoms with van der Waals surface area (Å²) in [5.41, 5.74) is 0.164. The molecule has 0 amide bonds. The van der Waals surface area contributed by atoms with Gasteiger partial charge in [-0.3, -0.25) is 9.80 Å². The standard InChI is InChI=1S/C10H20F2N2/c1-10(2,3)14-6-4-13(5-7-14)8-9(11)12/h9H,4-8H2,1-3H3. The predicted octanol–water partition coefficient (Wildman–Crippen LogP) is 1.67. The normalized spacial score (nSPS) is 21.9. The summed E-state index contributed by atoms with van der Waals surface area (Å²) in [5, 5.41) is 0. The van der Waals surface area contributed by atoms with Crippen LogP contribution in [0.4, 0.5) is 8.78 Å². The van der Waals surface area contributed by atoms with Crippen molar-refractivity contribution in [2.75, 3.05) is 32.7 Å². The summed E-state index contributed by atoms with van der Waals surface area (Å²) in [6.07, 6.45) is -2.20. The minimum atomic E-state index is -2.20. The van der Waals surface area contributed by atoms with E-state index in [2.05, 4.69) is 25.7 Å². The Morgan fingerprint density at radius 1 is 1.07 bits per heavy atom. The van der Waals surface area contributed by atoms with E-state index in [1.165, 1.54) is 0 Å². The van der Waals surface area contributed by atoms with Crippen molar-refractivity contribution in [3.8, 4) is 0 Å². The van der Waals surface area contributed by atoms with E-state index in [1.54, 1.807) is 0 Å². The summed E-state index contributed by atoms with van der Waals surface area (Å²) in [7, 11) is 0. The van der Waals surface area contributed by atoms with Crippen LogP contribution < -0.4 is 0 Å². The Kier molecular flexibility index (Phi) is 3.84. The number of nitrogens with zero attached hydrogens (tertiary/aromatic N) is 2. The van der Waals surface area contributed by atoms with E-state index in [-0.39, 0.29) is 12.1 Å². The van der Waals surface area contributed by atoms with Crippen LogP contribution >= 0.6 is 0 Å². The summed E-state index contributed by atoms with van der Waals surface area (Å²) in [6.45, 7) is 9.74. The van der Waals surface area contributed by atoms with Gasteiger partial charge in [-0.2, -0.15) is 0 Å². The molecule has 0 N–H and O–H groups in total. The van der Waals surface area contributed by atoms with E-state index in [0.717, 1.165) is 26.2 Å². The largest absolute Gasteiger partial charge is 0.296 e. The molecular weight excluding hydrogens is 186 g/mol. The van der Waals surface area contributed by atoms with Gasteiger partial charge >= 0.3 is 0 Å². The first-order valence-corrected chi connectivity index (χ1v) is 5.15. The van der Waals surface area contributed by atoms with Crippen LogP contribution in [-0.4, -0.2) is 54.5 Å². The SMILES string of the molecule is CC(C)(C)N1CCN(CC(F)F)CC1. The third kappa shape index (κ3) is 3.50. The second-order valence-electron chi connectivity index (χ2n) is 4.85. The zero-order valence-corrected chi connectivity index (χ0v) is 9.26. The number of hydrogen-bond donors (Lipinski definition) is 0. The van der Waals surface area contributed by atoms with Crippen LogP contribution in [0.1, 0.15) is 20.8 Å². The van der Waals surface area contributed by atoms with Gasteiger partial charge in [0, 0.05) is 31.7 Å². The van der Waals surface area contributed by atoms with Gasteiger partial charge < -0.3 is 0 Å². The zero-order chi connectivity index (χ0) is 10.8. The Morgan fingerprint density at radius 2 is 1.57 bits per heavy atom. The van der Waals surface area contributed by atoms with Gasteiger partial charge in [-0.05, 0) is 20.8 Å². The minimum Gasteiger partial charge on any atom is -0.296 e. The van der Waals surface area contributed by atoms with Gasteiger partial charge in [0.1, 0.15) is 0 Å². The highest BCUT2D eigenvalue weighted by Crippen LogP contribution is 2.16. The molecule has 0 saturated carbocycles. The van der Waals surface area contributed by atoms with E-state index in [0.29, 0.717) is 0 Å². The first-order valence-electron chi connectivity index (χ1n) is 5.15. The lowest BCUT2D eigenvalue weighted by atomic mass is 10.1. The lowest BCUT2D eigenvalue weighted by molar-refractivity contribution is 0.0272. The molecule has 1 heterocycles. The minimum absolute atomic E-state index is 0.0714. The van der Waals surface area contributed by atoms with Crippen molar-refractivity contribution >= 4 is 0 Å². The zero-order valence-electron chi connectivity index (χ0n) is 9.26. The topological polar surface area (TPSA) is 6.48 Å². The van der Waals surface area contributed by atoms with E-state index in [1.807, 2.05) is 4.90 Å². The first kappa shape index (κ1) is 11.9. The Bertz CT molecular complexity index is 169. The fourth-order valence-corrected chi connectivity index (χ4v) is 1.80. The molecule has 0 radical (unpaired) electrons. The van der Waals surface area contributed by atoms with Crippen LogP contribution in [0.3, 0.4) is 0 Å². The van der Waals surface area contributed by atoms with Crippen molar-refractivity contribution in [3.63, 3.8) is 0 Å². The quantitative estimate of drug-likeness (QED) is 0.678. The molecule has 0 aromatic carbocycles. The second kappa shape index (κ2) is 4.53. The van der Waals surface area contributed by atoms with Crippen molar-refractivity contribution in [2.24, 2.45) is 0 Å². The van der Waals surface area contributed by atoms with Crippen molar-refractivity contribution in [1.82, 2.24) is 9.80 Å². The average Bonchev–Trinajstić information content (AvgIpc) is 2.02. The molecule has 1 aliphatic heterocycles.